The van der Waals surface area contributed by atoms with Gasteiger partial charge in [-0.05, 0) is 340 Å². The molecule has 0 aliphatic heterocycles. The Morgan fingerprint density at radius 1 is 0.339 bits per heavy atom. The largest absolute Gasteiger partial charge is 0.508 e. The monoisotopic (exact) mass is 1640 g/mol. The van der Waals surface area contributed by atoms with Crippen LogP contribution >= 0.6 is 0 Å². The third kappa shape index (κ3) is 21.6. The number of allylic oxidation sites excluding steroid dienone is 14. The number of carbonyl (C=O) groups excluding carboxylic acids is 1. The maximum absolute atomic E-state index is 12.1. The molecule has 21 rings (SSSR count). The van der Waals surface area contributed by atoms with Gasteiger partial charge in [-0.2, -0.15) is 0 Å². The molecule has 0 amide bonds. The number of hydrogen-bond donors (Lipinski definition) is 0. The molecule has 0 radical (unpaired) electrons. The minimum absolute atomic E-state index is 0.0837. The van der Waals surface area contributed by atoms with Crippen molar-refractivity contribution in [3.05, 3.63) is 253 Å². The summed E-state index contributed by atoms with van der Waals surface area (Å²) in [6.07, 6.45) is 61.7. The van der Waals surface area contributed by atoms with E-state index in [1.54, 1.807) is 7.11 Å². The molecule has 8 nitrogen and oxygen atoms in total. The number of unbranched alkanes of at least 4 members (excludes halogenated alkanes) is 2. The highest BCUT2D eigenvalue weighted by atomic mass is 28.4. The molecule has 7 saturated carbocycles. The first-order valence-electron chi connectivity index (χ1n) is 46.5. The Bertz CT molecular complexity index is 4300. The van der Waals surface area contributed by atoms with Gasteiger partial charge in [-0.25, -0.2) is 4.79 Å². The number of fused-ring (bicyclic) bond motifs is 18. The van der Waals surface area contributed by atoms with E-state index in [0.29, 0.717) is 31.0 Å². The molecule has 0 N–H and O–H groups in total. The van der Waals surface area contributed by atoms with E-state index in [0.717, 1.165) is 132 Å². The first kappa shape index (κ1) is 86.4. The molecule has 7 fully saturated rings. The average molecular weight is 1640 g/mol. The van der Waals surface area contributed by atoms with Crippen molar-refractivity contribution >= 4 is 41.9 Å². The Kier molecular flexibility index (Phi) is 29.4. The summed E-state index contributed by atoms with van der Waals surface area (Å²) in [5.41, 5.74) is 13.0. The van der Waals surface area contributed by atoms with Crippen LogP contribution in [-0.2, 0) is 45.3 Å². The molecule has 15 aliphatic rings. The summed E-state index contributed by atoms with van der Waals surface area (Å²) in [4.78, 5) is 12.1. The van der Waals surface area contributed by atoms with Crippen molar-refractivity contribution < 1.29 is 37.0 Å². The van der Waals surface area contributed by atoms with Crippen LogP contribution in [0.3, 0.4) is 0 Å². The van der Waals surface area contributed by atoms with Gasteiger partial charge in [0.05, 0.1) is 13.2 Å². The van der Waals surface area contributed by atoms with Crippen molar-refractivity contribution in [2.24, 2.45) is 107 Å². The predicted molar refractivity (Wildman–Crippen MR) is 496 cm³/mol. The highest BCUT2D eigenvalue weighted by Crippen LogP contribution is 2.55. The van der Waals surface area contributed by atoms with E-state index in [-0.39, 0.29) is 5.92 Å². The average Bonchev–Trinajstić information content (AvgIpc) is 1.61. The Morgan fingerprint density at radius 2 is 0.720 bits per heavy atom. The molecular weight excluding hydrogens is 1500 g/mol. The Morgan fingerprint density at radius 3 is 1.14 bits per heavy atom. The van der Waals surface area contributed by atoms with Crippen LogP contribution in [0.25, 0.3) is 33.0 Å². The van der Waals surface area contributed by atoms with Crippen LogP contribution < -0.4 is 0 Å². The third-order valence-corrected chi connectivity index (χ3v) is 41.9. The molecule has 630 valence electrons. The molecule has 0 saturated heterocycles. The topological polar surface area (TPSA) is 81.7 Å². The van der Waals surface area contributed by atoms with E-state index in [1.165, 1.54) is 184 Å². The van der Waals surface area contributed by atoms with Gasteiger partial charge in [-0.3, -0.25) is 0 Å². The lowest BCUT2D eigenvalue weighted by molar-refractivity contribution is 0.0397. The summed E-state index contributed by atoms with van der Waals surface area (Å²) >= 11 is 0. The molecule has 0 aromatic heterocycles. The molecule has 0 heterocycles. The molecule has 21 unspecified atom stereocenters. The normalized spacial score (nSPS) is 31.1. The van der Waals surface area contributed by atoms with Gasteiger partial charge in [0.2, 0.25) is 0 Å². The molecule has 6 aromatic carbocycles. The lowest BCUT2D eigenvalue weighted by atomic mass is 9.88. The van der Waals surface area contributed by atoms with Crippen LogP contribution in [0.15, 0.2) is 231 Å². The first-order chi connectivity index (χ1) is 57.4. The minimum atomic E-state index is -1.35. The zero-order valence-corrected chi connectivity index (χ0v) is 76.3. The van der Waals surface area contributed by atoms with Crippen LogP contribution in [0, 0.1) is 107 Å². The summed E-state index contributed by atoms with van der Waals surface area (Å²) in [6.45, 7) is 17.5. The minimum Gasteiger partial charge on any atom is -0.434 e. The molecule has 21 atom stereocenters. The molecule has 11 heteroatoms. The zero-order valence-electron chi connectivity index (χ0n) is 73.3. The summed E-state index contributed by atoms with van der Waals surface area (Å²) in [5.74, 6) is 15.3. The Hall–Kier alpha value is -6.52. The fraction of sp³-hybridized carbons (Fsp3) is 0.542. The quantitative estimate of drug-likeness (QED) is 0.0243. The molecule has 14 bridgehead atoms. The number of hydrogen-bond acceptors (Lipinski definition) is 8. The van der Waals surface area contributed by atoms with Gasteiger partial charge in [-0.1, -0.05) is 237 Å². The number of carbonyl (C=O) groups is 1. The molecular formula is C107H142O8Si3. The van der Waals surface area contributed by atoms with Crippen LogP contribution in [0.1, 0.15) is 157 Å². The van der Waals surface area contributed by atoms with Crippen molar-refractivity contribution in [3.63, 3.8) is 0 Å². The number of aryl methyl sites for hydroxylation is 1. The standard InChI is InChI=1S/C23H22O3.C23H26.C22H26O.3C10H18OSi.C9H14O/c24-23(25-13-17-12-15-9-10-16(17)11-15)26-14-22-20-7-3-1-5-18(20)19-6-2-4-8-21(19)22;1-2-7-20(8-3-1)21-13-10-18(11-14-21)6-4-5-9-22-16-19-12-15-23(22)17-19;1-2-6-20-15-18(9-10-19(20)5-1)16-23-12-4-3-7-21-13-17-8-11-22(21)14-17;3*1-11-12(2,3)10-7-8-4-5-9(10)6-8;1-10-6-9-5-7-2-3-8(9)4-7/h1-10,15-17,22H,11-14H2;1-3,7-8,10-15,19,22-23H,4-6,9,16-17H2;1-2,5-6,8-11,15,17,21-22H,3-4,7,12-14,16H2;3*4-5,8-10H,6-7H2,1-3H3;2-3,7-9H,4-6H2,1H3. The van der Waals surface area contributed by atoms with Crippen LogP contribution in [-0.4, -0.2) is 86.0 Å². The number of benzene rings is 6. The number of ether oxygens (including phenoxy) is 4. The first-order valence-corrected chi connectivity index (χ1v) is 55.4. The van der Waals surface area contributed by atoms with Crippen molar-refractivity contribution in [1.29, 1.82) is 0 Å². The maximum Gasteiger partial charge on any atom is 0.508 e. The Balaban J connectivity index is 0.000000111. The van der Waals surface area contributed by atoms with Crippen LogP contribution in [0.4, 0.5) is 4.79 Å². The third-order valence-electron chi connectivity index (χ3n) is 31.4. The highest BCUT2D eigenvalue weighted by Gasteiger charge is 2.49. The summed E-state index contributed by atoms with van der Waals surface area (Å²) in [6, 6.07) is 51.6. The van der Waals surface area contributed by atoms with Gasteiger partial charge in [0, 0.05) is 53.5 Å². The zero-order chi connectivity index (χ0) is 81.8. The molecule has 6 aromatic rings. The van der Waals surface area contributed by atoms with Crippen molar-refractivity contribution in [2.45, 2.75) is 203 Å². The smallest absolute Gasteiger partial charge is 0.434 e. The van der Waals surface area contributed by atoms with E-state index in [1.807, 2.05) is 33.5 Å². The fourth-order valence-corrected chi connectivity index (χ4v) is 31.6. The second-order valence-corrected chi connectivity index (χ2v) is 52.9. The number of rotatable bonds is 25. The Labute approximate surface area is 714 Å². The lowest BCUT2D eigenvalue weighted by Gasteiger charge is -2.31. The van der Waals surface area contributed by atoms with E-state index < -0.39 is 31.1 Å². The van der Waals surface area contributed by atoms with Gasteiger partial charge in [0.1, 0.15) is 6.61 Å². The second-order valence-electron chi connectivity index (χ2n) is 39.8. The van der Waals surface area contributed by atoms with E-state index in [2.05, 4.69) is 258 Å². The summed E-state index contributed by atoms with van der Waals surface area (Å²) in [5, 5.41) is 2.61. The predicted octanol–water partition coefficient (Wildman–Crippen LogP) is 27.4. The molecule has 118 heavy (non-hydrogen) atoms. The lowest BCUT2D eigenvalue weighted by Crippen LogP contribution is -2.37. The summed E-state index contributed by atoms with van der Waals surface area (Å²) in [7, 11) is 3.43. The van der Waals surface area contributed by atoms with Gasteiger partial charge in [-0.15, -0.1) is 0 Å². The van der Waals surface area contributed by atoms with E-state index in [4.69, 9.17) is 32.2 Å². The van der Waals surface area contributed by atoms with E-state index in [9.17, 15) is 4.79 Å². The van der Waals surface area contributed by atoms with Gasteiger partial charge >= 0.3 is 6.16 Å². The van der Waals surface area contributed by atoms with Gasteiger partial charge < -0.3 is 32.2 Å². The van der Waals surface area contributed by atoms with Crippen molar-refractivity contribution in [2.75, 3.05) is 54.9 Å². The summed E-state index contributed by atoms with van der Waals surface area (Å²) < 4.78 is 39.0. The van der Waals surface area contributed by atoms with Gasteiger partial charge in [0.15, 0.2) is 25.0 Å². The van der Waals surface area contributed by atoms with Crippen molar-refractivity contribution in [1.82, 2.24) is 0 Å². The maximum atomic E-state index is 12.1. The van der Waals surface area contributed by atoms with Crippen molar-refractivity contribution in [3.8, 4) is 22.3 Å². The van der Waals surface area contributed by atoms with E-state index >= 15 is 0 Å². The SMILES string of the molecule is C1=CC2CC1CC2CCCCOCc1ccc2ccccc2c1.C1=CC2CC1CC2CCCCc1ccc(-c2ccccc2)cc1.COCC1CC2C=CC1C2.CO[Si](C)(C)C1CC2C=CC1C2.CO[Si](C)(C)C1CC2C=CC1C2.CO[Si](C)(C)C1CC2C=CC1C2.O=C(OCC1c2ccccc2-c2ccccc21)OCC1CC2C=CC1C2. The van der Waals surface area contributed by atoms with Crippen LogP contribution in [0.2, 0.25) is 55.9 Å². The highest BCUT2D eigenvalue weighted by molar-refractivity contribution is 6.73. The molecule has 15 aliphatic carbocycles. The van der Waals surface area contributed by atoms with Crippen LogP contribution in [0.5, 0.6) is 0 Å². The second kappa shape index (κ2) is 40.2. The number of methoxy groups -OCH3 is 1. The molecule has 0 spiro atoms. The van der Waals surface area contributed by atoms with Gasteiger partial charge in [0.25, 0.3) is 0 Å². The fourth-order valence-electron chi connectivity index (χ4n) is 24.2.